The molecule has 0 radical (unpaired) electrons. The summed E-state index contributed by atoms with van der Waals surface area (Å²) in [6, 6.07) is 0.612. The molecule has 2 aromatic heterocycles. The fraction of sp³-hybridized carbons (Fsp3) is 0.500. The monoisotopic (exact) mass is 344 g/mol. The highest BCUT2D eigenvalue weighted by atomic mass is 127. The summed E-state index contributed by atoms with van der Waals surface area (Å²) in [5, 5.41) is 5.39. The van der Waals surface area contributed by atoms with Crippen molar-refractivity contribution >= 4 is 39.4 Å². The van der Waals surface area contributed by atoms with Crippen LogP contribution in [-0.4, -0.2) is 25.8 Å². The van der Waals surface area contributed by atoms with Gasteiger partial charge in [-0.15, -0.1) is 0 Å². The molecular weight excluding hydrogens is 331 g/mol. The van der Waals surface area contributed by atoms with E-state index in [1.165, 1.54) is 6.33 Å². The Bertz CT molecular complexity index is 565. The summed E-state index contributed by atoms with van der Waals surface area (Å²) >= 11 is 2.17. The Morgan fingerprint density at radius 3 is 2.88 bits per heavy atom. The Morgan fingerprint density at radius 1 is 1.35 bits per heavy atom. The number of aromatic nitrogens is 4. The van der Waals surface area contributed by atoms with Crippen molar-refractivity contribution in [2.24, 2.45) is 5.73 Å². The van der Waals surface area contributed by atoms with Gasteiger partial charge in [-0.25, -0.2) is 14.6 Å². The van der Waals surface area contributed by atoms with Gasteiger partial charge in [-0.05, 0) is 41.9 Å². The summed E-state index contributed by atoms with van der Waals surface area (Å²) in [4.78, 5) is 8.30. The van der Waals surface area contributed by atoms with E-state index in [0.29, 0.717) is 11.9 Å². The highest BCUT2D eigenvalue weighted by Gasteiger charge is 2.27. The molecule has 3 rings (SSSR count). The van der Waals surface area contributed by atoms with Gasteiger partial charge >= 0.3 is 0 Å². The maximum Gasteiger partial charge on any atom is 0.164 e. The molecule has 0 spiro atoms. The number of fused-ring (bicyclic) bond motifs is 1. The van der Waals surface area contributed by atoms with E-state index in [1.807, 2.05) is 4.68 Å². The van der Waals surface area contributed by atoms with Gasteiger partial charge in [0, 0.05) is 6.04 Å². The third kappa shape index (κ3) is 1.77. The average molecular weight is 344 g/mol. The van der Waals surface area contributed by atoms with Crippen LogP contribution in [0.1, 0.15) is 25.3 Å². The third-order valence-electron chi connectivity index (χ3n) is 3.27. The molecule has 1 fully saturated rings. The Labute approximate surface area is 112 Å². The lowest BCUT2D eigenvalue weighted by Gasteiger charge is -2.10. The van der Waals surface area contributed by atoms with Crippen molar-refractivity contribution < 1.29 is 0 Å². The number of anilines is 1. The molecule has 90 valence electrons. The van der Waals surface area contributed by atoms with Crippen molar-refractivity contribution in [3.63, 3.8) is 0 Å². The molecule has 0 bridgehead atoms. The van der Waals surface area contributed by atoms with E-state index in [9.17, 15) is 0 Å². The maximum absolute atomic E-state index is 5.94. The van der Waals surface area contributed by atoms with Crippen LogP contribution < -0.4 is 11.5 Å². The van der Waals surface area contributed by atoms with E-state index < -0.39 is 0 Å². The Balaban J connectivity index is 2.14. The molecule has 0 unspecified atom stereocenters. The first-order chi connectivity index (χ1) is 8.16. The van der Waals surface area contributed by atoms with Crippen molar-refractivity contribution in [3.8, 4) is 0 Å². The van der Waals surface area contributed by atoms with Crippen LogP contribution in [0.4, 0.5) is 5.82 Å². The summed E-state index contributed by atoms with van der Waals surface area (Å²) in [6.45, 7) is 0. The first-order valence-corrected chi connectivity index (χ1v) is 6.64. The van der Waals surface area contributed by atoms with Crippen LogP contribution in [0.3, 0.4) is 0 Å². The molecule has 6 nitrogen and oxygen atoms in total. The molecule has 1 saturated carbocycles. The smallest absolute Gasteiger partial charge is 0.164 e. The summed E-state index contributed by atoms with van der Waals surface area (Å²) < 4.78 is 2.82. The largest absolute Gasteiger partial charge is 0.383 e. The van der Waals surface area contributed by atoms with Gasteiger partial charge in [0.1, 0.15) is 15.8 Å². The summed E-state index contributed by atoms with van der Waals surface area (Å²) in [5.41, 5.74) is 12.6. The normalized spacial score (nSPS) is 24.6. The van der Waals surface area contributed by atoms with Crippen LogP contribution in [-0.2, 0) is 0 Å². The van der Waals surface area contributed by atoms with Gasteiger partial charge in [0.05, 0.1) is 11.4 Å². The fourth-order valence-corrected chi connectivity index (χ4v) is 3.17. The lowest BCUT2D eigenvalue weighted by Crippen LogP contribution is -2.16. The predicted molar refractivity (Wildman–Crippen MR) is 73.3 cm³/mol. The second-order valence-electron chi connectivity index (χ2n) is 4.42. The lowest BCUT2D eigenvalue weighted by molar-refractivity contribution is 0.469. The molecule has 2 atom stereocenters. The summed E-state index contributed by atoms with van der Waals surface area (Å²) in [7, 11) is 0. The van der Waals surface area contributed by atoms with Crippen molar-refractivity contribution in [3.05, 3.63) is 10.0 Å². The van der Waals surface area contributed by atoms with E-state index in [0.717, 1.165) is 34.0 Å². The van der Waals surface area contributed by atoms with Gasteiger partial charge < -0.3 is 11.5 Å². The maximum atomic E-state index is 5.94. The predicted octanol–water partition coefficient (Wildman–Crippen LogP) is 1.07. The second-order valence-corrected chi connectivity index (χ2v) is 5.44. The van der Waals surface area contributed by atoms with Gasteiger partial charge in [-0.2, -0.15) is 5.10 Å². The zero-order valence-electron chi connectivity index (χ0n) is 9.17. The molecule has 0 aliphatic heterocycles. The van der Waals surface area contributed by atoms with Crippen LogP contribution >= 0.6 is 22.6 Å². The zero-order chi connectivity index (χ0) is 12.0. The van der Waals surface area contributed by atoms with Gasteiger partial charge in [0.2, 0.25) is 0 Å². The lowest BCUT2D eigenvalue weighted by atomic mass is 10.2. The number of nitrogens with zero attached hydrogens (tertiary/aromatic N) is 4. The van der Waals surface area contributed by atoms with Crippen molar-refractivity contribution in [1.29, 1.82) is 0 Å². The van der Waals surface area contributed by atoms with Gasteiger partial charge in [0.15, 0.2) is 5.65 Å². The standard InChI is InChI=1S/C10H13IN6/c11-8-7-9(13)14-4-15-10(7)17(16-8)6-2-1-5(12)3-6/h4-6H,1-3,12H2,(H2,13,14,15)/t5-,6-/m1/s1. The zero-order valence-corrected chi connectivity index (χ0v) is 11.3. The van der Waals surface area contributed by atoms with E-state index in [2.05, 4.69) is 37.7 Å². The number of halogens is 1. The minimum Gasteiger partial charge on any atom is -0.383 e. The molecule has 17 heavy (non-hydrogen) atoms. The Morgan fingerprint density at radius 2 is 2.18 bits per heavy atom. The van der Waals surface area contributed by atoms with E-state index in [1.54, 1.807) is 0 Å². The molecule has 2 heterocycles. The number of hydrogen-bond donors (Lipinski definition) is 2. The van der Waals surface area contributed by atoms with E-state index in [4.69, 9.17) is 11.5 Å². The average Bonchev–Trinajstić information content (AvgIpc) is 2.84. The minimum absolute atomic E-state index is 0.274. The van der Waals surface area contributed by atoms with Crippen LogP contribution in [0, 0.1) is 3.70 Å². The Hall–Kier alpha value is -0.960. The molecule has 4 N–H and O–H groups in total. The highest BCUT2D eigenvalue weighted by molar-refractivity contribution is 14.1. The fourth-order valence-electron chi connectivity index (χ4n) is 2.42. The Kier molecular flexibility index (Phi) is 2.66. The first-order valence-electron chi connectivity index (χ1n) is 5.56. The van der Waals surface area contributed by atoms with Crippen LogP contribution in [0.2, 0.25) is 0 Å². The van der Waals surface area contributed by atoms with Crippen molar-refractivity contribution in [1.82, 2.24) is 19.7 Å². The molecule has 1 aliphatic carbocycles. The third-order valence-corrected chi connectivity index (χ3v) is 4.02. The molecule has 0 aromatic carbocycles. The molecule has 1 aliphatic rings. The van der Waals surface area contributed by atoms with Crippen molar-refractivity contribution in [2.75, 3.05) is 5.73 Å². The molecule has 2 aromatic rings. The quantitative estimate of drug-likeness (QED) is 0.755. The topological polar surface area (TPSA) is 95.6 Å². The van der Waals surface area contributed by atoms with Gasteiger partial charge in [-0.3, -0.25) is 0 Å². The molecular formula is C10H13IN6. The minimum atomic E-state index is 0.274. The number of nitrogens with two attached hydrogens (primary N) is 2. The SMILES string of the molecule is Nc1ncnc2c1c(I)nn2[C@@H]1CC[C@@H](N)C1. The number of hydrogen-bond acceptors (Lipinski definition) is 5. The molecule has 7 heteroatoms. The van der Waals surface area contributed by atoms with Crippen LogP contribution in [0.15, 0.2) is 6.33 Å². The van der Waals surface area contributed by atoms with Gasteiger partial charge in [0.25, 0.3) is 0 Å². The first kappa shape index (κ1) is 11.1. The second kappa shape index (κ2) is 4.05. The van der Waals surface area contributed by atoms with Crippen LogP contribution in [0.5, 0.6) is 0 Å². The molecule has 0 saturated heterocycles. The molecule has 0 amide bonds. The number of nitrogen functional groups attached to an aromatic ring is 1. The summed E-state index contributed by atoms with van der Waals surface area (Å²) in [5.74, 6) is 0.493. The van der Waals surface area contributed by atoms with Crippen LogP contribution in [0.25, 0.3) is 11.0 Å². The number of rotatable bonds is 1. The van der Waals surface area contributed by atoms with Crippen molar-refractivity contribution in [2.45, 2.75) is 31.3 Å². The highest BCUT2D eigenvalue weighted by Crippen LogP contribution is 2.32. The van der Waals surface area contributed by atoms with E-state index in [-0.39, 0.29) is 6.04 Å². The van der Waals surface area contributed by atoms with E-state index >= 15 is 0 Å². The van der Waals surface area contributed by atoms with Gasteiger partial charge in [-0.1, -0.05) is 0 Å². The summed E-state index contributed by atoms with van der Waals surface area (Å²) in [6.07, 6.45) is 4.54.